The molecule has 1 atom stereocenters. The molecule has 1 unspecified atom stereocenters. The van der Waals surface area contributed by atoms with Gasteiger partial charge in [-0.3, -0.25) is 9.78 Å². The van der Waals surface area contributed by atoms with E-state index in [9.17, 15) is 23.2 Å². The minimum absolute atomic E-state index is 0.0217. The SMILES string of the molecule is COc1ccc2cccc(CC(=O)NCC(c3cc(F)cc(F)c3)c3ncccc3-c3ccc(F)c(C#N)c3)c2c1. The highest BCUT2D eigenvalue weighted by Gasteiger charge is 2.23. The number of rotatable bonds is 8. The largest absolute Gasteiger partial charge is 0.497 e. The van der Waals surface area contributed by atoms with E-state index in [-0.39, 0.29) is 30.0 Å². The van der Waals surface area contributed by atoms with Gasteiger partial charge in [-0.15, -0.1) is 0 Å². The number of fused-ring (bicyclic) bond motifs is 1. The molecule has 1 N–H and O–H groups in total. The van der Waals surface area contributed by atoms with Gasteiger partial charge in [-0.05, 0) is 69.9 Å². The molecule has 41 heavy (non-hydrogen) atoms. The molecule has 204 valence electrons. The molecule has 0 spiro atoms. The van der Waals surface area contributed by atoms with Gasteiger partial charge in [0.25, 0.3) is 0 Å². The van der Waals surface area contributed by atoms with Crippen molar-refractivity contribution < 1.29 is 22.7 Å². The molecule has 0 aliphatic heterocycles. The number of carbonyl (C=O) groups is 1. The van der Waals surface area contributed by atoms with Crippen LogP contribution in [0.1, 0.15) is 28.3 Å². The Kier molecular flexibility index (Phi) is 7.97. The van der Waals surface area contributed by atoms with Crippen molar-refractivity contribution in [1.82, 2.24) is 10.3 Å². The van der Waals surface area contributed by atoms with E-state index in [2.05, 4.69) is 10.3 Å². The van der Waals surface area contributed by atoms with Crippen LogP contribution in [0.5, 0.6) is 5.75 Å². The lowest BCUT2D eigenvalue weighted by Crippen LogP contribution is -2.31. The molecule has 1 amide bonds. The Hall–Kier alpha value is -5.16. The number of halogens is 3. The van der Waals surface area contributed by atoms with Crippen LogP contribution in [0.2, 0.25) is 0 Å². The van der Waals surface area contributed by atoms with Gasteiger partial charge < -0.3 is 10.1 Å². The van der Waals surface area contributed by atoms with Crippen molar-refractivity contribution in [1.29, 1.82) is 5.26 Å². The maximum Gasteiger partial charge on any atom is 0.224 e. The summed E-state index contributed by atoms with van der Waals surface area (Å²) in [7, 11) is 1.57. The van der Waals surface area contributed by atoms with Crippen LogP contribution in [0.4, 0.5) is 13.2 Å². The molecule has 4 aromatic carbocycles. The van der Waals surface area contributed by atoms with E-state index in [0.717, 1.165) is 22.4 Å². The number of hydrogen-bond donors (Lipinski definition) is 1. The van der Waals surface area contributed by atoms with Gasteiger partial charge in [0.15, 0.2) is 0 Å². The highest BCUT2D eigenvalue weighted by molar-refractivity contribution is 5.91. The molecule has 5 nitrogen and oxygen atoms in total. The second-order valence-electron chi connectivity index (χ2n) is 9.48. The predicted octanol–water partition coefficient (Wildman–Crippen LogP) is 6.69. The first kappa shape index (κ1) is 27.4. The van der Waals surface area contributed by atoms with Gasteiger partial charge in [0.2, 0.25) is 5.91 Å². The average Bonchev–Trinajstić information content (AvgIpc) is 2.97. The molecule has 0 radical (unpaired) electrons. The van der Waals surface area contributed by atoms with Crippen molar-refractivity contribution in [2.24, 2.45) is 0 Å². The van der Waals surface area contributed by atoms with Crippen LogP contribution in [0, 0.1) is 28.8 Å². The van der Waals surface area contributed by atoms with E-state index in [1.165, 1.54) is 36.5 Å². The van der Waals surface area contributed by atoms with Crippen LogP contribution < -0.4 is 10.1 Å². The Balaban J connectivity index is 1.49. The fourth-order valence-corrected chi connectivity index (χ4v) is 4.92. The minimum Gasteiger partial charge on any atom is -0.497 e. The first-order chi connectivity index (χ1) is 19.9. The summed E-state index contributed by atoms with van der Waals surface area (Å²) in [6.45, 7) is -0.0217. The molecule has 1 aromatic heterocycles. The Morgan fingerprint density at radius 1 is 0.976 bits per heavy atom. The standard InChI is InChI=1S/C33H24F3N3O2/c1-41-27-9-7-20-4-2-5-21(29(20)17-27)15-32(40)39-19-30(23-13-25(34)16-26(35)14-23)33-28(6-3-11-38-33)22-8-10-31(36)24(12-22)18-37/h2-14,16-17,30H,15,19H2,1H3,(H,39,40). The van der Waals surface area contributed by atoms with Crippen LogP contribution in [0.15, 0.2) is 91.1 Å². The number of ether oxygens (including phenoxy) is 1. The number of aromatic nitrogens is 1. The zero-order valence-electron chi connectivity index (χ0n) is 22.0. The first-order valence-electron chi connectivity index (χ1n) is 12.8. The van der Waals surface area contributed by atoms with E-state index in [4.69, 9.17) is 4.74 Å². The van der Waals surface area contributed by atoms with Crippen molar-refractivity contribution in [3.8, 4) is 22.9 Å². The smallest absolute Gasteiger partial charge is 0.224 e. The zero-order valence-corrected chi connectivity index (χ0v) is 22.0. The van der Waals surface area contributed by atoms with Gasteiger partial charge in [0.1, 0.15) is 29.3 Å². The summed E-state index contributed by atoms with van der Waals surface area (Å²) in [4.78, 5) is 17.7. The molecule has 0 saturated carbocycles. The lowest BCUT2D eigenvalue weighted by Gasteiger charge is -2.21. The number of hydrogen-bond acceptors (Lipinski definition) is 4. The quantitative estimate of drug-likeness (QED) is 0.233. The predicted molar refractivity (Wildman–Crippen MR) is 150 cm³/mol. The molecule has 0 aliphatic carbocycles. The molecule has 1 heterocycles. The van der Waals surface area contributed by atoms with Crippen LogP contribution >= 0.6 is 0 Å². The highest BCUT2D eigenvalue weighted by atomic mass is 19.1. The molecular formula is C33H24F3N3O2. The van der Waals surface area contributed by atoms with E-state index in [1.807, 2.05) is 42.5 Å². The van der Waals surface area contributed by atoms with Crippen LogP contribution in [0.25, 0.3) is 21.9 Å². The van der Waals surface area contributed by atoms with E-state index >= 15 is 0 Å². The van der Waals surface area contributed by atoms with E-state index in [0.29, 0.717) is 22.6 Å². The summed E-state index contributed by atoms with van der Waals surface area (Å²) in [6.07, 6.45) is 1.59. The average molecular weight is 552 g/mol. The summed E-state index contributed by atoms with van der Waals surface area (Å²) in [5, 5.41) is 14.1. The minimum atomic E-state index is -0.771. The van der Waals surface area contributed by atoms with Crippen molar-refractivity contribution in [3.63, 3.8) is 0 Å². The van der Waals surface area contributed by atoms with Gasteiger partial charge in [-0.2, -0.15) is 5.26 Å². The van der Waals surface area contributed by atoms with Crippen molar-refractivity contribution >= 4 is 16.7 Å². The molecule has 8 heteroatoms. The van der Waals surface area contributed by atoms with E-state index in [1.54, 1.807) is 19.2 Å². The maximum absolute atomic E-state index is 14.3. The van der Waals surface area contributed by atoms with Crippen molar-refractivity contribution in [2.45, 2.75) is 12.3 Å². The summed E-state index contributed by atoms with van der Waals surface area (Å²) in [6, 6.07) is 23.8. The zero-order chi connectivity index (χ0) is 28.9. The summed E-state index contributed by atoms with van der Waals surface area (Å²) >= 11 is 0. The number of nitrogens with one attached hydrogen (secondary N) is 1. The molecular weight excluding hydrogens is 527 g/mol. The lowest BCUT2D eigenvalue weighted by molar-refractivity contribution is -0.120. The molecule has 0 fully saturated rings. The highest BCUT2D eigenvalue weighted by Crippen LogP contribution is 2.33. The molecule has 0 bridgehead atoms. The number of methoxy groups -OCH3 is 1. The number of amides is 1. The van der Waals surface area contributed by atoms with Gasteiger partial charge in [0, 0.05) is 30.3 Å². The number of nitriles is 1. The Labute approximate surface area is 234 Å². The fraction of sp³-hybridized carbons (Fsp3) is 0.121. The number of carbonyl (C=O) groups excluding carboxylic acids is 1. The topological polar surface area (TPSA) is 75.0 Å². The third-order valence-electron chi connectivity index (χ3n) is 6.89. The van der Waals surface area contributed by atoms with Crippen LogP contribution in [-0.2, 0) is 11.2 Å². The second kappa shape index (κ2) is 11.9. The summed E-state index contributed by atoms with van der Waals surface area (Å²) in [5.74, 6) is -2.60. The third kappa shape index (κ3) is 6.04. The van der Waals surface area contributed by atoms with Crippen LogP contribution in [-0.4, -0.2) is 24.5 Å². The van der Waals surface area contributed by atoms with E-state index < -0.39 is 23.4 Å². The first-order valence-corrected chi connectivity index (χ1v) is 12.8. The van der Waals surface area contributed by atoms with Crippen molar-refractivity contribution in [2.75, 3.05) is 13.7 Å². The molecule has 0 saturated heterocycles. The number of benzene rings is 4. The number of pyridine rings is 1. The van der Waals surface area contributed by atoms with Gasteiger partial charge >= 0.3 is 0 Å². The normalized spacial score (nSPS) is 11.6. The Morgan fingerprint density at radius 3 is 2.54 bits per heavy atom. The summed E-state index contributed by atoms with van der Waals surface area (Å²) in [5.41, 5.74) is 2.35. The summed E-state index contributed by atoms with van der Waals surface area (Å²) < 4.78 is 48.1. The van der Waals surface area contributed by atoms with Gasteiger partial charge in [-0.1, -0.05) is 36.4 Å². The second-order valence-corrected chi connectivity index (χ2v) is 9.48. The maximum atomic E-state index is 14.3. The Bertz CT molecular complexity index is 1780. The fourth-order valence-electron chi connectivity index (χ4n) is 4.92. The molecule has 5 aromatic rings. The monoisotopic (exact) mass is 551 g/mol. The van der Waals surface area contributed by atoms with Gasteiger partial charge in [-0.25, -0.2) is 13.2 Å². The van der Waals surface area contributed by atoms with Crippen molar-refractivity contribution in [3.05, 3.63) is 131 Å². The van der Waals surface area contributed by atoms with Crippen LogP contribution in [0.3, 0.4) is 0 Å². The third-order valence-corrected chi connectivity index (χ3v) is 6.89. The number of nitrogens with zero attached hydrogens (tertiary/aromatic N) is 2. The Morgan fingerprint density at radius 2 is 1.78 bits per heavy atom. The lowest BCUT2D eigenvalue weighted by atomic mass is 9.89. The van der Waals surface area contributed by atoms with Gasteiger partial charge in [0.05, 0.1) is 24.8 Å². The molecule has 0 aliphatic rings. The molecule has 5 rings (SSSR count).